The highest BCUT2D eigenvalue weighted by molar-refractivity contribution is 5.79. The van der Waals surface area contributed by atoms with Crippen LogP contribution in [0.4, 0.5) is 4.39 Å². The zero-order valence-corrected chi connectivity index (χ0v) is 14.3. The summed E-state index contributed by atoms with van der Waals surface area (Å²) in [4.78, 5) is 29.1. The molecule has 1 aliphatic rings. The smallest absolute Gasteiger partial charge is 0.261 e. The lowest BCUT2D eigenvalue weighted by Crippen LogP contribution is -2.36. The van der Waals surface area contributed by atoms with Gasteiger partial charge in [-0.05, 0) is 37.5 Å². The van der Waals surface area contributed by atoms with E-state index in [2.05, 4.69) is 15.4 Å². The molecule has 1 unspecified atom stereocenters. The number of carbonyl (C=O) groups excluding carboxylic acids is 1. The lowest BCUT2D eigenvalue weighted by molar-refractivity contribution is -0.122. The fourth-order valence-electron chi connectivity index (χ4n) is 3.49. The average molecular weight is 355 g/mol. The van der Waals surface area contributed by atoms with Gasteiger partial charge in [0.15, 0.2) is 0 Å². The number of hydrogen-bond acceptors (Lipinski definition) is 4. The Labute approximate surface area is 148 Å². The van der Waals surface area contributed by atoms with Crippen molar-refractivity contribution < 1.29 is 9.18 Å². The van der Waals surface area contributed by atoms with Gasteiger partial charge >= 0.3 is 0 Å². The summed E-state index contributed by atoms with van der Waals surface area (Å²) < 4.78 is 16.4. The third kappa shape index (κ3) is 2.87. The molecule has 0 spiro atoms. The van der Waals surface area contributed by atoms with Crippen LogP contribution in [0.5, 0.6) is 0 Å². The van der Waals surface area contributed by atoms with Gasteiger partial charge in [0, 0.05) is 18.3 Å². The van der Waals surface area contributed by atoms with Gasteiger partial charge in [0.2, 0.25) is 5.91 Å². The standard InChI is InChI=1S/C18H18FN5O2/c1-23-16-4-2-3-15(13(16)8-21-23)22-17(25)9-24-10-20-14-6-5-11(19)7-12(14)18(24)26/h5-8,10,15H,2-4,9H2,1H3,(H,22,25). The van der Waals surface area contributed by atoms with E-state index in [1.165, 1.54) is 23.0 Å². The van der Waals surface area contributed by atoms with Crippen LogP contribution in [0.15, 0.2) is 35.5 Å². The highest BCUT2D eigenvalue weighted by Crippen LogP contribution is 2.29. The molecule has 134 valence electrons. The predicted molar refractivity (Wildman–Crippen MR) is 93.0 cm³/mol. The second-order valence-electron chi connectivity index (χ2n) is 6.52. The minimum absolute atomic E-state index is 0.110. The average Bonchev–Trinajstić information content (AvgIpc) is 3.00. The van der Waals surface area contributed by atoms with E-state index in [0.29, 0.717) is 5.52 Å². The van der Waals surface area contributed by atoms with E-state index in [-0.39, 0.29) is 23.9 Å². The molecule has 0 saturated carbocycles. The van der Waals surface area contributed by atoms with Crippen LogP contribution in [0.1, 0.15) is 30.1 Å². The first-order valence-electron chi connectivity index (χ1n) is 8.48. The molecule has 26 heavy (non-hydrogen) atoms. The molecule has 0 saturated heterocycles. The van der Waals surface area contributed by atoms with Crippen molar-refractivity contribution in [3.8, 4) is 0 Å². The molecule has 0 bridgehead atoms. The molecule has 1 aromatic carbocycles. The van der Waals surface area contributed by atoms with E-state index < -0.39 is 11.4 Å². The summed E-state index contributed by atoms with van der Waals surface area (Å²) in [5.74, 6) is -0.795. The van der Waals surface area contributed by atoms with Crippen LogP contribution in [0.3, 0.4) is 0 Å². The van der Waals surface area contributed by atoms with Crippen LogP contribution in [0.25, 0.3) is 10.9 Å². The topological polar surface area (TPSA) is 81.8 Å². The maximum Gasteiger partial charge on any atom is 0.261 e. The van der Waals surface area contributed by atoms with Gasteiger partial charge in [0.25, 0.3) is 5.56 Å². The first-order chi connectivity index (χ1) is 12.5. The van der Waals surface area contributed by atoms with Gasteiger partial charge in [-0.3, -0.25) is 18.8 Å². The fourth-order valence-corrected chi connectivity index (χ4v) is 3.49. The van der Waals surface area contributed by atoms with Gasteiger partial charge in [0.1, 0.15) is 12.4 Å². The van der Waals surface area contributed by atoms with E-state index in [9.17, 15) is 14.0 Å². The second-order valence-corrected chi connectivity index (χ2v) is 6.52. The molecule has 0 radical (unpaired) electrons. The SMILES string of the molecule is Cn1ncc2c1CCCC2NC(=O)Cn1cnc2ccc(F)cc2c1=O. The Hall–Kier alpha value is -3.03. The van der Waals surface area contributed by atoms with Crippen molar-refractivity contribution in [1.82, 2.24) is 24.6 Å². The molecule has 1 amide bonds. The lowest BCUT2D eigenvalue weighted by atomic mass is 9.93. The van der Waals surface area contributed by atoms with Crippen molar-refractivity contribution in [2.45, 2.75) is 31.8 Å². The first-order valence-corrected chi connectivity index (χ1v) is 8.48. The summed E-state index contributed by atoms with van der Waals surface area (Å²) in [6.07, 6.45) is 5.84. The number of benzene rings is 1. The van der Waals surface area contributed by atoms with Crippen molar-refractivity contribution >= 4 is 16.8 Å². The number of rotatable bonds is 3. The van der Waals surface area contributed by atoms with E-state index >= 15 is 0 Å². The Morgan fingerprint density at radius 1 is 1.42 bits per heavy atom. The molecule has 1 N–H and O–H groups in total. The van der Waals surface area contributed by atoms with E-state index in [4.69, 9.17) is 0 Å². The van der Waals surface area contributed by atoms with Gasteiger partial charge < -0.3 is 5.32 Å². The summed E-state index contributed by atoms with van der Waals surface area (Å²) in [7, 11) is 1.89. The van der Waals surface area contributed by atoms with Crippen LogP contribution < -0.4 is 10.9 Å². The maximum absolute atomic E-state index is 13.4. The molecule has 4 rings (SSSR count). The van der Waals surface area contributed by atoms with E-state index in [1.54, 1.807) is 6.20 Å². The van der Waals surface area contributed by atoms with Gasteiger partial charge in [-0.2, -0.15) is 5.10 Å². The normalized spacial score (nSPS) is 16.5. The molecule has 0 fully saturated rings. The molecule has 2 aromatic heterocycles. The van der Waals surface area contributed by atoms with Crippen LogP contribution in [0, 0.1) is 5.82 Å². The number of nitrogens with zero attached hydrogens (tertiary/aromatic N) is 4. The summed E-state index contributed by atoms with van der Waals surface area (Å²) in [6.45, 7) is -0.162. The predicted octanol–water partition coefficient (Wildman–Crippen LogP) is 1.46. The molecule has 8 heteroatoms. The molecule has 3 aromatic rings. The number of hydrogen-bond donors (Lipinski definition) is 1. The third-order valence-electron chi connectivity index (χ3n) is 4.81. The minimum Gasteiger partial charge on any atom is -0.348 e. The van der Waals surface area contributed by atoms with Crippen molar-refractivity contribution in [2.24, 2.45) is 7.05 Å². The van der Waals surface area contributed by atoms with Crippen LogP contribution in [-0.4, -0.2) is 25.2 Å². The number of aromatic nitrogens is 4. The van der Waals surface area contributed by atoms with Gasteiger partial charge in [-0.1, -0.05) is 0 Å². The third-order valence-corrected chi connectivity index (χ3v) is 4.81. The summed E-state index contributed by atoms with van der Waals surface area (Å²) in [5.41, 5.74) is 2.12. The number of fused-ring (bicyclic) bond motifs is 2. The molecular weight excluding hydrogens is 337 g/mol. The molecular formula is C18H18FN5O2. The molecule has 0 aliphatic heterocycles. The number of amides is 1. The Balaban J connectivity index is 1.55. The Kier molecular flexibility index (Phi) is 4.02. The van der Waals surface area contributed by atoms with Crippen molar-refractivity contribution in [3.05, 3.63) is 58.2 Å². The fraction of sp³-hybridized carbons (Fsp3) is 0.333. The maximum atomic E-state index is 13.4. The second kappa shape index (κ2) is 6.36. The zero-order chi connectivity index (χ0) is 18.3. The number of aryl methyl sites for hydroxylation is 1. The number of halogens is 1. The van der Waals surface area contributed by atoms with Gasteiger partial charge in [-0.25, -0.2) is 9.37 Å². The molecule has 1 atom stereocenters. The summed E-state index contributed by atoms with van der Waals surface area (Å²) in [5, 5.41) is 7.39. The Morgan fingerprint density at radius 3 is 3.12 bits per heavy atom. The summed E-state index contributed by atoms with van der Waals surface area (Å²) in [6, 6.07) is 3.73. The van der Waals surface area contributed by atoms with Crippen molar-refractivity contribution in [3.63, 3.8) is 0 Å². The quantitative estimate of drug-likeness (QED) is 0.771. The monoisotopic (exact) mass is 355 g/mol. The minimum atomic E-state index is -0.509. The molecule has 1 aliphatic carbocycles. The van der Waals surface area contributed by atoms with Crippen LogP contribution in [0.2, 0.25) is 0 Å². The van der Waals surface area contributed by atoms with Crippen LogP contribution >= 0.6 is 0 Å². The Bertz CT molecular complexity index is 1060. The summed E-state index contributed by atoms with van der Waals surface area (Å²) >= 11 is 0. The highest BCUT2D eigenvalue weighted by atomic mass is 19.1. The lowest BCUT2D eigenvalue weighted by Gasteiger charge is -2.24. The molecule has 2 heterocycles. The first kappa shape index (κ1) is 16.4. The van der Waals surface area contributed by atoms with Gasteiger partial charge in [0.05, 0.1) is 29.5 Å². The number of carbonyl (C=O) groups is 1. The highest BCUT2D eigenvalue weighted by Gasteiger charge is 2.24. The largest absolute Gasteiger partial charge is 0.348 e. The zero-order valence-electron chi connectivity index (χ0n) is 14.3. The van der Waals surface area contributed by atoms with Crippen molar-refractivity contribution in [1.29, 1.82) is 0 Å². The molecule has 7 nitrogen and oxygen atoms in total. The van der Waals surface area contributed by atoms with Crippen molar-refractivity contribution in [2.75, 3.05) is 0 Å². The number of nitrogens with one attached hydrogen (secondary N) is 1. The van der Waals surface area contributed by atoms with E-state index in [1.807, 2.05) is 11.7 Å². The van der Waals surface area contributed by atoms with Crippen LogP contribution in [-0.2, 0) is 24.8 Å². The van der Waals surface area contributed by atoms with Gasteiger partial charge in [-0.15, -0.1) is 0 Å². The van der Waals surface area contributed by atoms with E-state index in [0.717, 1.165) is 36.6 Å². The Morgan fingerprint density at radius 2 is 2.27 bits per heavy atom.